The summed E-state index contributed by atoms with van der Waals surface area (Å²) >= 11 is 7.95. The van der Waals surface area contributed by atoms with Gasteiger partial charge in [0, 0.05) is 71.1 Å². The van der Waals surface area contributed by atoms with E-state index in [9.17, 15) is 4.79 Å². The summed E-state index contributed by atoms with van der Waals surface area (Å²) in [5.74, 6) is 1.37. The van der Waals surface area contributed by atoms with E-state index in [1.54, 1.807) is 11.3 Å². The summed E-state index contributed by atoms with van der Waals surface area (Å²) in [5.41, 5.74) is 1.13. The van der Waals surface area contributed by atoms with Crippen LogP contribution in [0.25, 0.3) is 10.1 Å². The number of anilines is 2. The highest BCUT2D eigenvalue weighted by Crippen LogP contribution is 2.33. The summed E-state index contributed by atoms with van der Waals surface area (Å²) in [5, 5.41) is 1.97. The highest BCUT2D eigenvalue weighted by atomic mass is 35.5. The Morgan fingerprint density at radius 3 is 2.74 bits per heavy atom. The van der Waals surface area contributed by atoms with Crippen LogP contribution >= 0.6 is 22.9 Å². The van der Waals surface area contributed by atoms with Crippen molar-refractivity contribution in [1.29, 1.82) is 0 Å². The van der Waals surface area contributed by atoms with E-state index in [-0.39, 0.29) is 5.92 Å². The van der Waals surface area contributed by atoms with Crippen molar-refractivity contribution in [3.8, 4) is 0 Å². The molecule has 5 rings (SSSR count). The normalized spacial score (nSPS) is 19.8. The Hall–Kier alpha value is -2.31. The van der Waals surface area contributed by atoms with Gasteiger partial charge < -0.3 is 14.7 Å². The molecular formula is C24H27ClN4OS. The molecule has 5 nitrogen and oxygen atoms in total. The lowest BCUT2D eigenvalue weighted by Crippen LogP contribution is -2.52. The average Bonchev–Trinajstić information content (AvgIpc) is 3.19. The molecule has 2 aliphatic heterocycles. The Balaban J connectivity index is 1.25. The van der Waals surface area contributed by atoms with Crippen LogP contribution in [0.4, 0.5) is 11.5 Å². The van der Waals surface area contributed by atoms with Crippen molar-refractivity contribution in [2.45, 2.75) is 19.8 Å². The number of pyridine rings is 1. The third kappa shape index (κ3) is 4.23. The highest BCUT2D eigenvalue weighted by molar-refractivity contribution is 7.19. The fourth-order valence-electron chi connectivity index (χ4n) is 4.82. The standard InChI is InChI=1S/C24H27ClN4OS/c1-17-14-21-22(31-17)7-8-26-23(21)29-9-3-4-18(16-29)24(30)28-12-10-27(11-13-28)20-6-2-5-19(25)15-20/h2,5-8,14-15,18H,3-4,9-13,16H2,1H3/t18-/m1/s1. The van der Waals surface area contributed by atoms with Gasteiger partial charge in [-0.1, -0.05) is 17.7 Å². The summed E-state index contributed by atoms with van der Waals surface area (Å²) < 4.78 is 1.27. The lowest BCUT2D eigenvalue weighted by molar-refractivity contribution is -0.136. The van der Waals surface area contributed by atoms with E-state index in [4.69, 9.17) is 16.6 Å². The van der Waals surface area contributed by atoms with Crippen LogP contribution in [0.2, 0.25) is 5.02 Å². The molecule has 31 heavy (non-hydrogen) atoms. The largest absolute Gasteiger partial charge is 0.368 e. The summed E-state index contributed by atoms with van der Waals surface area (Å²) in [6.45, 7) is 7.08. The number of carbonyl (C=O) groups is 1. The van der Waals surface area contributed by atoms with Gasteiger partial charge in [-0.15, -0.1) is 11.3 Å². The number of halogens is 1. The molecule has 1 atom stereocenters. The zero-order chi connectivity index (χ0) is 21.4. The molecule has 2 aromatic heterocycles. The molecule has 3 aromatic rings. The number of fused-ring (bicyclic) bond motifs is 1. The van der Waals surface area contributed by atoms with Crippen LogP contribution in [-0.2, 0) is 4.79 Å². The maximum atomic E-state index is 13.3. The van der Waals surface area contributed by atoms with Crippen molar-refractivity contribution >= 4 is 50.4 Å². The van der Waals surface area contributed by atoms with Crippen molar-refractivity contribution in [3.05, 3.63) is 52.5 Å². The molecule has 0 unspecified atom stereocenters. The number of thiophene rings is 1. The molecule has 0 radical (unpaired) electrons. The number of aryl methyl sites for hydroxylation is 1. The quantitative estimate of drug-likeness (QED) is 0.568. The van der Waals surface area contributed by atoms with E-state index in [0.29, 0.717) is 5.91 Å². The van der Waals surface area contributed by atoms with Crippen LogP contribution in [0.3, 0.4) is 0 Å². The zero-order valence-corrected chi connectivity index (χ0v) is 19.3. The molecule has 0 N–H and O–H groups in total. The number of carbonyl (C=O) groups excluding carboxylic acids is 1. The molecule has 2 fully saturated rings. The van der Waals surface area contributed by atoms with Gasteiger partial charge in [0.05, 0.1) is 5.92 Å². The minimum atomic E-state index is 0.0447. The second kappa shape index (κ2) is 8.67. The summed E-state index contributed by atoms with van der Waals surface area (Å²) in [7, 11) is 0. The van der Waals surface area contributed by atoms with Crippen LogP contribution in [0, 0.1) is 12.8 Å². The molecular weight excluding hydrogens is 428 g/mol. The first-order chi connectivity index (χ1) is 15.1. The minimum absolute atomic E-state index is 0.0447. The number of piperazine rings is 1. The van der Waals surface area contributed by atoms with E-state index in [1.807, 2.05) is 24.4 Å². The third-order valence-electron chi connectivity index (χ3n) is 6.38. The first-order valence-electron chi connectivity index (χ1n) is 11.0. The minimum Gasteiger partial charge on any atom is -0.368 e. The van der Waals surface area contributed by atoms with Gasteiger partial charge in [-0.3, -0.25) is 4.79 Å². The first kappa shape index (κ1) is 20.6. The maximum absolute atomic E-state index is 13.3. The molecule has 4 heterocycles. The lowest BCUT2D eigenvalue weighted by atomic mass is 9.96. The van der Waals surface area contributed by atoms with Crippen molar-refractivity contribution in [2.75, 3.05) is 49.1 Å². The molecule has 0 saturated carbocycles. The number of hydrogen-bond acceptors (Lipinski definition) is 5. The van der Waals surface area contributed by atoms with Gasteiger partial charge in [0.2, 0.25) is 5.91 Å². The molecule has 2 saturated heterocycles. The molecule has 1 amide bonds. The molecule has 7 heteroatoms. The number of piperidine rings is 1. The van der Waals surface area contributed by atoms with E-state index < -0.39 is 0 Å². The zero-order valence-electron chi connectivity index (χ0n) is 17.8. The van der Waals surface area contributed by atoms with E-state index >= 15 is 0 Å². The van der Waals surface area contributed by atoms with E-state index in [0.717, 1.165) is 68.6 Å². The number of amides is 1. The van der Waals surface area contributed by atoms with Crippen molar-refractivity contribution < 1.29 is 4.79 Å². The van der Waals surface area contributed by atoms with Crippen molar-refractivity contribution in [3.63, 3.8) is 0 Å². The molecule has 2 aliphatic rings. The van der Waals surface area contributed by atoms with Gasteiger partial charge in [0.15, 0.2) is 0 Å². The van der Waals surface area contributed by atoms with Gasteiger partial charge in [0.25, 0.3) is 0 Å². The van der Waals surface area contributed by atoms with Crippen LogP contribution < -0.4 is 9.80 Å². The van der Waals surface area contributed by atoms with Gasteiger partial charge >= 0.3 is 0 Å². The molecule has 1 aromatic carbocycles. The topological polar surface area (TPSA) is 39.7 Å². The first-order valence-corrected chi connectivity index (χ1v) is 12.2. The third-order valence-corrected chi connectivity index (χ3v) is 7.63. The molecule has 0 bridgehead atoms. The van der Waals surface area contributed by atoms with Crippen LogP contribution in [0.1, 0.15) is 17.7 Å². The Kier molecular flexibility index (Phi) is 5.76. The Morgan fingerprint density at radius 2 is 1.94 bits per heavy atom. The number of rotatable bonds is 3. The number of benzene rings is 1. The van der Waals surface area contributed by atoms with Gasteiger partial charge in [-0.2, -0.15) is 0 Å². The Bertz CT molecular complexity index is 1090. The second-order valence-electron chi connectivity index (χ2n) is 8.48. The molecule has 162 valence electrons. The maximum Gasteiger partial charge on any atom is 0.227 e. The highest BCUT2D eigenvalue weighted by Gasteiger charge is 2.32. The number of hydrogen-bond donors (Lipinski definition) is 0. The second-order valence-corrected chi connectivity index (χ2v) is 10.2. The Labute approximate surface area is 192 Å². The predicted octanol–water partition coefficient (Wildman–Crippen LogP) is 4.82. The van der Waals surface area contributed by atoms with Crippen LogP contribution in [0.15, 0.2) is 42.6 Å². The number of nitrogens with zero attached hydrogens (tertiary/aromatic N) is 4. The van der Waals surface area contributed by atoms with E-state index in [1.165, 1.54) is 15.0 Å². The predicted molar refractivity (Wildman–Crippen MR) is 130 cm³/mol. The lowest BCUT2D eigenvalue weighted by Gasteiger charge is -2.40. The molecule has 0 aliphatic carbocycles. The van der Waals surface area contributed by atoms with Gasteiger partial charge in [0.1, 0.15) is 5.82 Å². The van der Waals surface area contributed by atoms with Crippen LogP contribution in [0.5, 0.6) is 0 Å². The van der Waals surface area contributed by atoms with Crippen molar-refractivity contribution in [1.82, 2.24) is 9.88 Å². The van der Waals surface area contributed by atoms with Gasteiger partial charge in [-0.25, -0.2) is 4.98 Å². The van der Waals surface area contributed by atoms with Gasteiger partial charge in [-0.05, 0) is 50.1 Å². The van der Waals surface area contributed by atoms with Crippen molar-refractivity contribution in [2.24, 2.45) is 5.92 Å². The van der Waals surface area contributed by atoms with Crippen LogP contribution in [-0.4, -0.2) is 55.1 Å². The fraction of sp³-hybridized carbons (Fsp3) is 0.417. The average molecular weight is 455 g/mol. The summed E-state index contributed by atoms with van der Waals surface area (Å²) in [4.78, 5) is 26.0. The monoisotopic (exact) mass is 454 g/mol. The summed E-state index contributed by atoms with van der Waals surface area (Å²) in [6.07, 6.45) is 3.89. The fourth-order valence-corrected chi connectivity index (χ4v) is 5.91. The number of aromatic nitrogens is 1. The van der Waals surface area contributed by atoms with E-state index in [2.05, 4.69) is 39.8 Å². The smallest absolute Gasteiger partial charge is 0.227 e. The SMILES string of the molecule is Cc1cc2c(N3CCC[C@@H](C(=O)N4CCN(c5cccc(Cl)c5)CC4)C3)nccc2s1. The Morgan fingerprint density at radius 1 is 1.10 bits per heavy atom. The molecule has 0 spiro atoms. The summed E-state index contributed by atoms with van der Waals surface area (Å²) in [6, 6.07) is 12.3.